The average Bonchev–Trinajstić information content (AvgIpc) is 2.02. The van der Waals surface area contributed by atoms with E-state index in [0.29, 0.717) is 6.42 Å². The van der Waals surface area contributed by atoms with Crippen LogP contribution in [-0.4, -0.2) is 8.32 Å². The van der Waals surface area contributed by atoms with Crippen LogP contribution in [0.4, 0.5) is 0 Å². The molecule has 0 amide bonds. The van der Waals surface area contributed by atoms with E-state index in [1.54, 1.807) is 6.26 Å². The first-order valence-corrected chi connectivity index (χ1v) is 7.92. The maximum atomic E-state index is 8.34. The summed E-state index contributed by atoms with van der Waals surface area (Å²) < 4.78 is 5.79. The molecule has 0 aliphatic rings. The second kappa shape index (κ2) is 5.21. The minimum atomic E-state index is -1.63. The van der Waals surface area contributed by atoms with Crippen molar-refractivity contribution in [2.75, 3.05) is 0 Å². The van der Waals surface area contributed by atoms with Crippen LogP contribution in [0.5, 0.6) is 0 Å². The van der Waals surface area contributed by atoms with Crippen molar-refractivity contribution in [3.63, 3.8) is 0 Å². The SMILES string of the molecule is CC(C)(C)[Si](C)(C)O/C=C/CCC#N. The zero-order chi connectivity index (χ0) is 11.2. The molecule has 0 spiro atoms. The fraction of sp³-hybridized carbons (Fsp3) is 0.727. The van der Waals surface area contributed by atoms with Crippen molar-refractivity contribution in [2.45, 2.75) is 51.7 Å². The van der Waals surface area contributed by atoms with Crippen LogP contribution in [0.3, 0.4) is 0 Å². The van der Waals surface area contributed by atoms with Gasteiger partial charge >= 0.3 is 0 Å². The van der Waals surface area contributed by atoms with E-state index in [9.17, 15) is 0 Å². The molecular formula is C11H21NOSi. The third kappa shape index (κ3) is 4.47. The summed E-state index contributed by atoms with van der Waals surface area (Å²) in [5, 5.41) is 8.58. The Morgan fingerprint density at radius 3 is 2.36 bits per heavy atom. The number of hydrogen-bond acceptors (Lipinski definition) is 2. The van der Waals surface area contributed by atoms with Gasteiger partial charge in [-0.15, -0.1) is 0 Å². The van der Waals surface area contributed by atoms with E-state index in [1.807, 2.05) is 6.08 Å². The van der Waals surface area contributed by atoms with Crippen LogP contribution >= 0.6 is 0 Å². The van der Waals surface area contributed by atoms with Gasteiger partial charge in [0, 0.05) is 6.42 Å². The molecular weight excluding hydrogens is 190 g/mol. The molecule has 0 aromatic carbocycles. The maximum Gasteiger partial charge on any atom is 0.249 e. The molecule has 80 valence electrons. The molecule has 14 heavy (non-hydrogen) atoms. The molecule has 0 aliphatic carbocycles. The Kier molecular flexibility index (Phi) is 4.93. The first-order chi connectivity index (χ1) is 6.31. The Morgan fingerprint density at radius 2 is 1.93 bits per heavy atom. The number of allylic oxidation sites excluding steroid dienone is 1. The molecule has 0 rings (SSSR count). The molecule has 0 unspecified atom stereocenters. The van der Waals surface area contributed by atoms with Crippen molar-refractivity contribution >= 4 is 8.32 Å². The van der Waals surface area contributed by atoms with Crippen molar-refractivity contribution in [1.29, 1.82) is 5.26 Å². The highest BCUT2D eigenvalue weighted by Gasteiger charge is 2.37. The predicted octanol–water partition coefficient (Wildman–Crippen LogP) is 3.83. The molecule has 0 aliphatic heterocycles. The first-order valence-electron chi connectivity index (χ1n) is 5.01. The normalized spacial score (nSPS) is 12.9. The molecule has 0 fully saturated rings. The van der Waals surface area contributed by atoms with Gasteiger partial charge < -0.3 is 4.43 Å². The molecule has 0 aromatic rings. The van der Waals surface area contributed by atoms with Crippen LogP contribution in [0, 0.1) is 11.3 Å². The Bertz CT molecular complexity index is 233. The van der Waals surface area contributed by atoms with Gasteiger partial charge in [-0.2, -0.15) is 5.26 Å². The minimum absolute atomic E-state index is 0.243. The van der Waals surface area contributed by atoms with Crippen LogP contribution in [0.25, 0.3) is 0 Å². The summed E-state index contributed by atoms with van der Waals surface area (Å²) in [6.07, 6.45) is 5.06. The van der Waals surface area contributed by atoms with Crippen molar-refractivity contribution in [1.82, 2.24) is 0 Å². The number of rotatable bonds is 4. The highest BCUT2D eigenvalue weighted by molar-refractivity contribution is 6.74. The minimum Gasteiger partial charge on any atom is -0.549 e. The standard InChI is InChI=1S/C11H21NOSi/c1-11(2,3)14(4,5)13-10-8-6-7-9-12/h8,10H,6-7H2,1-5H3/b10-8+. The molecule has 0 N–H and O–H groups in total. The smallest absolute Gasteiger partial charge is 0.249 e. The van der Waals surface area contributed by atoms with Crippen molar-refractivity contribution in [3.05, 3.63) is 12.3 Å². The fourth-order valence-corrected chi connectivity index (χ4v) is 1.40. The predicted molar refractivity (Wildman–Crippen MR) is 62.3 cm³/mol. The third-order valence-corrected chi connectivity index (χ3v) is 7.03. The molecule has 0 saturated heterocycles. The molecule has 0 heterocycles. The Morgan fingerprint density at radius 1 is 1.36 bits per heavy atom. The highest BCUT2D eigenvalue weighted by Crippen LogP contribution is 2.36. The summed E-state index contributed by atoms with van der Waals surface area (Å²) in [4.78, 5) is 0. The van der Waals surface area contributed by atoms with E-state index >= 15 is 0 Å². The summed E-state index contributed by atoms with van der Waals surface area (Å²) in [7, 11) is -1.63. The van der Waals surface area contributed by atoms with Gasteiger partial charge in [0.15, 0.2) is 0 Å². The number of hydrogen-bond donors (Lipinski definition) is 0. The molecule has 3 heteroatoms. The van der Waals surface area contributed by atoms with Crippen molar-refractivity contribution in [3.8, 4) is 6.07 Å². The maximum absolute atomic E-state index is 8.34. The molecule has 0 bridgehead atoms. The fourth-order valence-electron chi connectivity index (χ4n) is 0.611. The summed E-state index contributed by atoms with van der Waals surface area (Å²) in [6.45, 7) is 11.1. The summed E-state index contributed by atoms with van der Waals surface area (Å²) in [5.74, 6) is 0. The topological polar surface area (TPSA) is 33.0 Å². The zero-order valence-corrected chi connectivity index (χ0v) is 10.9. The second-order valence-electron chi connectivity index (χ2n) is 4.95. The monoisotopic (exact) mass is 211 g/mol. The van der Waals surface area contributed by atoms with Gasteiger partial charge in [-0.05, 0) is 24.6 Å². The van der Waals surface area contributed by atoms with Gasteiger partial charge in [-0.1, -0.05) is 26.8 Å². The summed E-state index contributed by atoms with van der Waals surface area (Å²) >= 11 is 0. The molecule has 0 aromatic heterocycles. The first kappa shape index (κ1) is 13.2. The van der Waals surface area contributed by atoms with E-state index in [0.717, 1.165) is 6.42 Å². The van der Waals surface area contributed by atoms with Gasteiger partial charge in [0.25, 0.3) is 0 Å². The average molecular weight is 211 g/mol. The lowest BCUT2D eigenvalue weighted by Gasteiger charge is -2.34. The van der Waals surface area contributed by atoms with Crippen LogP contribution in [0.2, 0.25) is 18.1 Å². The second-order valence-corrected chi connectivity index (χ2v) is 9.70. The van der Waals surface area contributed by atoms with Crippen molar-refractivity contribution < 1.29 is 4.43 Å². The number of unbranched alkanes of at least 4 members (excludes halogenated alkanes) is 1. The molecule has 0 atom stereocenters. The van der Waals surface area contributed by atoms with E-state index in [2.05, 4.69) is 39.9 Å². The van der Waals surface area contributed by atoms with Gasteiger partial charge in [0.1, 0.15) is 0 Å². The summed E-state index contributed by atoms with van der Waals surface area (Å²) in [6, 6.07) is 2.10. The van der Waals surface area contributed by atoms with E-state index in [-0.39, 0.29) is 5.04 Å². The lowest BCUT2D eigenvalue weighted by atomic mass is 10.2. The number of nitrogens with zero attached hydrogens (tertiary/aromatic N) is 1. The molecule has 2 nitrogen and oxygen atoms in total. The number of nitriles is 1. The van der Waals surface area contributed by atoms with Crippen LogP contribution < -0.4 is 0 Å². The van der Waals surface area contributed by atoms with Crippen LogP contribution in [0.15, 0.2) is 12.3 Å². The Labute approximate surface area is 88.7 Å². The lowest BCUT2D eigenvalue weighted by molar-refractivity contribution is 0.428. The van der Waals surface area contributed by atoms with Gasteiger partial charge in [-0.3, -0.25) is 0 Å². The molecule has 0 saturated carbocycles. The van der Waals surface area contributed by atoms with Crippen LogP contribution in [0.1, 0.15) is 33.6 Å². The van der Waals surface area contributed by atoms with E-state index in [1.165, 1.54) is 0 Å². The van der Waals surface area contributed by atoms with Crippen molar-refractivity contribution in [2.24, 2.45) is 0 Å². The Hall–Kier alpha value is -0.753. The van der Waals surface area contributed by atoms with Crippen LogP contribution in [-0.2, 0) is 4.43 Å². The molecule has 0 radical (unpaired) electrons. The quantitative estimate of drug-likeness (QED) is 0.402. The van der Waals surface area contributed by atoms with E-state index < -0.39 is 8.32 Å². The zero-order valence-electron chi connectivity index (χ0n) is 9.92. The Balaban J connectivity index is 4.01. The largest absolute Gasteiger partial charge is 0.549 e. The summed E-state index contributed by atoms with van der Waals surface area (Å²) in [5.41, 5.74) is 0. The lowest BCUT2D eigenvalue weighted by Crippen LogP contribution is -2.39. The van der Waals surface area contributed by atoms with Gasteiger partial charge in [-0.25, -0.2) is 0 Å². The van der Waals surface area contributed by atoms with Gasteiger partial charge in [0.05, 0.1) is 12.3 Å². The van der Waals surface area contributed by atoms with Gasteiger partial charge in [0.2, 0.25) is 8.32 Å². The highest BCUT2D eigenvalue weighted by atomic mass is 28.4. The van der Waals surface area contributed by atoms with E-state index in [4.69, 9.17) is 9.69 Å². The third-order valence-electron chi connectivity index (χ3n) is 2.69.